The molecular formula is C12H20N2O3S. The lowest BCUT2D eigenvalue weighted by molar-refractivity contribution is -0.123. The maximum absolute atomic E-state index is 11.8. The molecule has 1 aliphatic heterocycles. The van der Waals surface area contributed by atoms with Gasteiger partial charge in [0.05, 0.1) is 12.1 Å². The van der Waals surface area contributed by atoms with Crippen molar-refractivity contribution < 1.29 is 14.7 Å². The van der Waals surface area contributed by atoms with E-state index in [9.17, 15) is 14.7 Å². The van der Waals surface area contributed by atoms with E-state index in [1.54, 1.807) is 4.90 Å². The third-order valence-electron chi connectivity index (χ3n) is 3.53. The third kappa shape index (κ3) is 3.62. The number of aliphatic hydroxyl groups excluding tert-OH is 1. The van der Waals surface area contributed by atoms with Crippen LogP contribution < -0.4 is 5.32 Å². The van der Waals surface area contributed by atoms with E-state index in [0.717, 1.165) is 38.0 Å². The first-order valence-corrected chi connectivity index (χ1v) is 7.54. The van der Waals surface area contributed by atoms with E-state index >= 15 is 0 Å². The molecule has 5 nitrogen and oxygen atoms in total. The van der Waals surface area contributed by atoms with Crippen molar-refractivity contribution in [3.63, 3.8) is 0 Å². The molecule has 6 heteroatoms. The van der Waals surface area contributed by atoms with E-state index in [1.165, 1.54) is 11.8 Å². The van der Waals surface area contributed by atoms with Crippen LogP contribution in [0.25, 0.3) is 0 Å². The Morgan fingerprint density at radius 2 is 2.22 bits per heavy atom. The van der Waals surface area contributed by atoms with Crippen molar-refractivity contribution in [3.8, 4) is 0 Å². The van der Waals surface area contributed by atoms with Crippen LogP contribution in [0.3, 0.4) is 0 Å². The summed E-state index contributed by atoms with van der Waals surface area (Å²) in [4.78, 5) is 24.8. The van der Waals surface area contributed by atoms with Crippen LogP contribution in [0.5, 0.6) is 0 Å². The minimum absolute atomic E-state index is 0.0642. The third-order valence-corrected chi connectivity index (χ3v) is 4.42. The largest absolute Gasteiger partial charge is 0.391 e. The Kier molecular flexibility index (Phi) is 4.88. The fourth-order valence-corrected chi connectivity index (χ4v) is 3.28. The van der Waals surface area contributed by atoms with Crippen molar-refractivity contribution in [2.24, 2.45) is 0 Å². The van der Waals surface area contributed by atoms with E-state index in [1.807, 2.05) is 0 Å². The average molecular weight is 272 g/mol. The normalized spacial score (nSPS) is 28.5. The second-order valence-corrected chi connectivity index (χ2v) is 5.92. The van der Waals surface area contributed by atoms with Crippen molar-refractivity contribution in [2.75, 3.05) is 18.8 Å². The predicted octanol–water partition coefficient (Wildman–Crippen LogP) is 0.965. The van der Waals surface area contributed by atoms with Crippen LogP contribution >= 0.6 is 11.8 Å². The monoisotopic (exact) mass is 272 g/mol. The molecule has 0 aromatic rings. The zero-order valence-corrected chi connectivity index (χ0v) is 11.2. The van der Waals surface area contributed by atoms with Gasteiger partial charge in [0.2, 0.25) is 5.91 Å². The Bertz CT molecular complexity index is 324. The number of carbonyl (C=O) groups is 2. The van der Waals surface area contributed by atoms with E-state index < -0.39 is 6.10 Å². The zero-order chi connectivity index (χ0) is 13.0. The molecule has 2 N–H and O–H groups in total. The SMILES string of the molecule is O=C(CCN1CCSC1=O)N[C@@H]1CCCC[C@H]1O. The first kappa shape index (κ1) is 13.7. The summed E-state index contributed by atoms with van der Waals surface area (Å²) < 4.78 is 0. The smallest absolute Gasteiger partial charge is 0.281 e. The number of hydrogen-bond acceptors (Lipinski definition) is 4. The van der Waals surface area contributed by atoms with Crippen LogP contribution in [0.4, 0.5) is 4.79 Å². The molecule has 0 aromatic heterocycles. The summed E-state index contributed by atoms with van der Waals surface area (Å²) >= 11 is 1.31. The van der Waals surface area contributed by atoms with Gasteiger partial charge in [-0.2, -0.15) is 0 Å². The number of amides is 2. The molecule has 2 fully saturated rings. The van der Waals surface area contributed by atoms with Crippen LogP contribution in [0.2, 0.25) is 0 Å². The van der Waals surface area contributed by atoms with E-state index in [4.69, 9.17) is 0 Å². The number of nitrogens with zero attached hydrogens (tertiary/aromatic N) is 1. The van der Waals surface area contributed by atoms with Crippen molar-refractivity contribution in [1.29, 1.82) is 0 Å². The molecule has 1 saturated carbocycles. The topological polar surface area (TPSA) is 69.6 Å². The summed E-state index contributed by atoms with van der Waals surface area (Å²) in [6.45, 7) is 1.23. The van der Waals surface area contributed by atoms with Gasteiger partial charge in [0.15, 0.2) is 0 Å². The second-order valence-electron chi connectivity index (χ2n) is 4.88. The van der Waals surface area contributed by atoms with Gasteiger partial charge in [-0.1, -0.05) is 24.6 Å². The van der Waals surface area contributed by atoms with Gasteiger partial charge in [-0.3, -0.25) is 9.59 Å². The predicted molar refractivity (Wildman–Crippen MR) is 70.4 cm³/mol. The Morgan fingerprint density at radius 1 is 1.44 bits per heavy atom. The number of thioether (sulfide) groups is 1. The van der Waals surface area contributed by atoms with Gasteiger partial charge < -0.3 is 15.3 Å². The van der Waals surface area contributed by atoms with E-state index in [0.29, 0.717) is 13.0 Å². The Balaban J connectivity index is 1.69. The summed E-state index contributed by atoms with van der Waals surface area (Å²) in [5, 5.41) is 12.7. The van der Waals surface area contributed by atoms with E-state index in [2.05, 4.69) is 5.32 Å². The van der Waals surface area contributed by atoms with Crippen molar-refractivity contribution >= 4 is 22.9 Å². The molecule has 1 saturated heterocycles. The minimum Gasteiger partial charge on any atom is -0.391 e. The molecule has 18 heavy (non-hydrogen) atoms. The lowest BCUT2D eigenvalue weighted by atomic mass is 9.92. The Morgan fingerprint density at radius 3 is 2.89 bits per heavy atom. The van der Waals surface area contributed by atoms with Gasteiger partial charge in [-0.25, -0.2) is 0 Å². The van der Waals surface area contributed by atoms with Gasteiger partial charge >= 0.3 is 0 Å². The minimum atomic E-state index is -0.410. The molecule has 1 heterocycles. The number of aliphatic hydroxyl groups is 1. The van der Waals surface area contributed by atoms with Crippen LogP contribution in [-0.4, -0.2) is 52.1 Å². The van der Waals surface area contributed by atoms with Gasteiger partial charge in [-0.05, 0) is 12.8 Å². The van der Waals surface area contributed by atoms with Gasteiger partial charge in [0.1, 0.15) is 0 Å². The first-order chi connectivity index (χ1) is 8.66. The molecule has 0 radical (unpaired) electrons. The van der Waals surface area contributed by atoms with Crippen LogP contribution in [-0.2, 0) is 4.79 Å². The summed E-state index contributed by atoms with van der Waals surface area (Å²) in [7, 11) is 0. The highest BCUT2D eigenvalue weighted by molar-refractivity contribution is 8.13. The first-order valence-electron chi connectivity index (χ1n) is 6.56. The van der Waals surface area contributed by atoms with Crippen LogP contribution in [0.15, 0.2) is 0 Å². The molecule has 2 atom stereocenters. The fraction of sp³-hybridized carbons (Fsp3) is 0.833. The molecule has 2 amide bonds. The molecule has 0 aromatic carbocycles. The summed E-state index contributed by atoms with van der Waals surface area (Å²) in [6, 6.07) is -0.102. The van der Waals surface area contributed by atoms with Crippen LogP contribution in [0.1, 0.15) is 32.1 Å². The zero-order valence-electron chi connectivity index (χ0n) is 10.4. The quantitative estimate of drug-likeness (QED) is 0.800. The number of rotatable bonds is 4. The molecule has 0 unspecified atom stereocenters. The Labute approximate surface area is 111 Å². The maximum Gasteiger partial charge on any atom is 0.281 e. The average Bonchev–Trinajstić information content (AvgIpc) is 2.75. The fourth-order valence-electron chi connectivity index (χ4n) is 2.42. The van der Waals surface area contributed by atoms with Gasteiger partial charge in [0.25, 0.3) is 5.24 Å². The lowest BCUT2D eigenvalue weighted by Gasteiger charge is -2.28. The van der Waals surface area contributed by atoms with Crippen molar-refractivity contribution in [1.82, 2.24) is 10.2 Å². The van der Waals surface area contributed by atoms with E-state index in [-0.39, 0.29) is 17.2 Å². The molecule has 102 valence electrons. The molecule has 2 rings (SSSR count). The highest BCUT2D eigenvalue weighted by Gasteiger charge is 2.25. The van der Waals surface area contributed by atoms with Gasteiger partial charge in [-0.15, -0.1) is 0 Å². The summed E-state index contributed by atoms with van der Waals surface area (Å²) in [5.41, 5.74) is 0. The highest BCUT2D eigenvalue weighted by Crippen LogP contribution is 2.19. The molecule has 0 spiro atoms. The molecule has 2 aliphatic rings. The highest BCUT2D eigenvalue weighted by atomic mass is 32.2. The standard InChI is InChI=1S/C12H20N2O3S/c15-10-4-2-1-3-9(10)13-11(16)5-6-14-7-8-18-12(14)17/h9-10,15H,1-8H2,(H,13,16)/t9-,10-/m1/s1. The lowest BCUT2D eigenvalue weighted by Crippen LogP contribution is -2.45. The molecular weight excluding hydrogens is 252 g/mol. The summed E-state index contributed by atoms with van der Waals surface area (Å²) in [5.74, 6) is 0.757. The van der Waals surface area contributed by atoms with Gasteiger partial charge in [0, 0.05) is 25.3 Å². The van der Waals surface area contributed by atoms with Crippen molar-refractivity contribution in [3.05, 3.63) is 0 Å². The maximum atomic E-state index is 11.8. The second kappa shape index (κ2) is 6.43. The van der Waals surface area contributed by atoms with Crippen molar-refractivity contribution in [2.45, 2.75) is 44.2 Å². The number of nitrogens with one attached hydrogen (secondary N) is 1. The molecule has 0 bridgehead atoms. The summed E-state index contributed by atoms with van der Waals surface area (Å²) in [6.07, 6.45) is 3.63. The Hall–Kier alpha value is -0.750. The molecule has 1 aliphatic carbocycles. The number of carbonyl (C=O) groups excluding carboxylic acids is 2. The number of hydrogen-bond donors (Lipinski definition) is 2. The van der Waals surface area contributed by atoms with Crippen LogP contribution in [0, 0.1) is 0 Å².